The third-order valence-electron chi connectivity index (χ3n) is 2.41. The van der Waals surface area contributed by atoms with Crippen LogP contribution in [0.4, 0.5) is 0 Å². The molecule has 0 fully saturated rings. The van der Waals surface area contributed by atoms with E-state index in [1.165, 1.54) is 38.8 Å². The van der Waals surface area contributed by atoms with Gasteiger partial charge in [0.05, 0.1) is 55.4 Å². The highest BCUT2D eigenvalue weighted by atomic mass is 32.3. The number of nitrogens with zero attached hydrogens (tertiary/aromatic N) is 2. The van der Waals surface area contributed by atoms with E-state index in [-0.39, 0.29) is 0 Å². The summed E-state index contributed by atoms with van der Waals surface area (Å²) < 4.78 is 67.9. The zero-order chi connectivity index (χ0) is 20.2. The fraction of sp³-hybridized carbons (Fsp3) is 1.00. The normalized spacial score (nSPS) is 12.6. The van der Waals surface area contributed by atoms with Crippen LogP contribution in [0.3, 0.4) is 0 Å². The summed E-state index contributed by atoms with van der Waals surface area (Å²) in [5.74, 6) is 0. The summed E-state index contributed by atoms with van der Waals surface area (Å²) in [4.78, 5) is 0. The summed E-state index contributed by atoms with van der Waals surface area (Å²) in [5.41, 5.74) is 0. The molecule has 0 heterocycles. The molecule has 0 aliphatic carbocycles. The van der Waals surface area contributed by atoms with Gasteiger partial charge in [0.1, 0.15) is 0 Å². The second-order valence-corrected chi connectivity index (χ2v) is 9.01. The molecule has 150 valence electrons. The Morgan fingerprint density at radius 2 is 0.792 bits per heavy atom. The first kappa shape index (κ1) is 28.5. The Morgan fingerprint density at radius 3 is 0.917 bits per heavy atom. The molecule has 0 unspecified atom stereocenters. The Balaban J connectivity index is -0.000000361. The molecular weight excluding hydrogens is 364 g/mol. The lowest BCUT2D eigenvalue weighted by atomic mass is 10.1. The Kier molecular flexibility index (Phi) is 14.3. The van der Waals surface area contributed by atoms with Crippen molar-refractivity contribution < 1.29 is 44.0 Å². The average Bonchev–Trinajstić information content (AvgIpc) is 2.14. The van der Waals surface area contributed by atoms with E-state index in [0.29, 0.717) is 0 Å². The van der Waals surface area contributed by atoms with Crippen LogP contribution in [0, 0.1) is 0 Å². The van der Waals surface area contributed by atoms with Crippen molar-refractivity contribution in [3.8, 4) is 0 Å². The second kappa shape index (κ2) is 12.1. The lowest BCUT2D eigenvalue weighted by molar-refractivity contribution is -0.871. The zero-order valence-electron chi connectivity index (χ0n) is 15.3. The Labute approximate surface area is 146 Å². The van der Waals surface area contributed by atoms with Crippen LogP contribution in [-0.4, -0.2) is 99.4 Å². The van der Waals surface area contributed by atoms with Crippen molar-refractivity contribution in [1.29, 1.82) is 0 Å². The van der Waals surface area contributed by atoms with Crippen molar-refractivity contribution in [1.82, 2.24) is 0 Å². The molecule has 0 spiro atoms. The topological polar surface area (TPSA) is 155 Å². The third-order valence-corrected chi connectivity index (χ3v) is 2.41. The van der Waals surface area contributed by atoms with Crippen molar-refractivity contribution in [2.24, 2.45) is 0 Å². The molecule has 0 aromatic rings. The van der Waals surface area contributed by atoms with Crippen LogP contribution in [-0.2, 0) is 20.8 Å². The van der Waals surface area contributed by atoms with Crippen LogP contribution >= 0.6 is 0 Å². The lowest BCUT2D eigenvalue weighted by Gasteiger charge is -2.25. The Morgan fingerprint density at radius 1 is 0.625 bits per heavy atom. The van der Waals surface area contributed by atoms with Gasteiger partial charge in [-0.15, -0.1) is 0 Å². The van der Waals surface area contributed by atoms with Crippen molar-refractivity contribution in [2.75, 3.05) is 55.4 Å². The second-order valence-electron chi connectivity index (χ2n) is 7.30. The standard InChI is InChI=1S/C12H30N2.2H2O4S/c1-13(2,3)11-9-7-8-10-12-14(4,5)6;2*1-5(2,3)4/h7-12H2,1-6H3;2*(H2,1,2,3,4)/q+2;;/p-2. The monoisotopic (exact) mass is 396 g/mol. The van der Waals surface area contributed by atoms with E-state index >= 15 is 0 Å². The fourth-order valence-electron chi connectivity index (χ4n) is 1.53. The van der Waals surface area contributed by atoms with Crippen LogP contribution in [0.5, 0.6) is 0 Å². The first-order valence-corrected chi connectivity index (χ1v) is 9.91. The molecule has 0 saturated carbocycles. The molecule has 0 aliphatic heterocycles. The van der Waals surface area contributed by atoms with E-state index in [2.05, 4.69) is 42.3 Å². The van der Waals surface area contributed by atoms with Gasteiger partial charge in [-0.05, 0) is 25.7 Å². The van der Waals surface area contributed by atoms with Crippen molar-refractivity contribution in [2.45, 2.75) is 25.7 Å². The highest BCUT2D eigenvalue weighted by molar-refractivity contribution is 7.80. The molecule has 0 rings (SSSR count). The molecule has 0 amide bonds. The van der Waals surface area contributed by atoms with Gasteiger partial charge in [0, 0.05) is 0 Å². The maximum Gasteiger partial charge on any atom is 0.215 e. The largest absolute Gasteiger partial charge is 0.726 e. The summed E-state index contributed by atoms with van der Waals surface area (Å²) in [6.07, 6.45) is 5.55. The molecule has 0 radical (unpaired) electrons. The van der Waals surface area contributed by atoms with Crippen LogP contribution in [0.2, 0.25) is 0 Å². The molecule has 0 aliphatic rings. The molecule has 10 nitrogen and oxygen atoms in total. The van der Waals surface area contributed by atoms with E-state index in [4.69, 9.17) is 35.0 Å². The van der Waals surface area contributed by atoms with Crippen LogP contribution in [0.15, 0.2) is 0 Å². The lowest BCUT2D eigenvalue weighted by Crippen LogP contribution is -2.35. The minimum atomic E-state index is -4.92. The summed E-state index contributed by atoms with van der Waals surface area (Å²) in [7, 11) is 3.79. The van der Waals surface area contributed by atoms with Gasteiger partial charge in [0.25, 0.3) is 0 Å². The Bertz CT molecular complexity index is 440. The van der Waals surface area contributed by atoms with E-state index in [9.17, 15) is 0 Å². The predicted molar refractivity (Wildman–Crippen MR) is 88.9 cm³/mol. The van der Waals surface area contributed by atoms with Crippen LogP contribution in [0.25, 0.3) is 0 Å². The van der Waals surface area contributed by atoms with Gasteiger partial charge >= 0.3 is 0 Å². The summed E-state index contributed by atoms with van der Waals surface area (Å²) in [6, 6.07) is 0. The summed E-state index contributed by atoms with van der Waals surface area (Å²) in [6.45, 7) is 2.62. The number of unbranched alkanes of at least 4 members (excludes halogenated alkanes) is 3. The van der Waals surface area contributed by atoms with Crippen LogP contribution in [0.1, 0.15) is 25.7 Å². The smallest absolute Gasteiger partial charge is 0.215 e. The molecule has 0 aromatic heterocycles. The molecule has 0 bridgehead atoms. The molecule has 2 N–H and O–H groups in total. The first-order chi connectivity index (χ1) is 10.2. The zero-order valence-corrected chi connectivity index (χ0v) is 16.9. The highest BCUT2D eigenvalue weighted by Crippen LogP contribution is 2.05. The van der Waals surface area contributed by atoms with Crippen molar-refractivity contribution in [3.05, 3.63) is 0 Å². The first-order valence-electron chi connectivity index (χ1n) is 7.18. The minimum absolute atomic E-state index is 1.11. The average molecular weight is 397 g/mol. The number of quaternary nitrogens is 2. The molecular formula is C12H32N2O8S2. The SMILES string of the molecule is C[N+](C)(C)CCCCCC[N+](C)(C)C.O=S(=O)([O-])O.O=S(=O)([O-])O. The van der Waals surface area contributed by atoms with Crippen molar-refractivity contribution in [3.63, 3.8) is 0 Å². The van der Waals surface area contributed by atoms with Crippen LogP contribution < -0.4 is 0 Å². The van der Waals surface area contributed by atoms with Gasteiger partial charge < -0.3 is 18.1 Å². The van der Waals surface area contributed by atoms with E-state index in [1.54, 1.807) is 0 Å². The Hall–Kier alpha value is -0.340. The molecule has 0 saturated heterocycles. The molecule has 0 aromatic carbocycles. The minimum Gasteiger partial charge on any atom is -0.726 e. The maximum absolute atomic E-state index is 8.63. The highest BCUT2D eigenvalue weighted by Gasteiger charge is 2.07. The quantitative estimate of drug-likeness (QED) is 0.263. The van der Waals surface area contributed by atoms with Gasteiger partial charge in [-0.3, -0.25) is 9.11 Å². The number of hydrogen-bond acceptors (Lipinski definition) is 6. The van der Waals surface area contributed by atoms with Gasteiger partial charge in [-0.2, -0.15) is 0 Å². The third kappa shape index (κ3) is 81.4. The summed E-state index contributed by atoms with van der Waals surface area (Å²) in [5, 5.41) is 0. The maximum atomic E-state index is 8.63. The molecule has 0 atom stereocenters. The van der Waals surface area contributed by atoms with Gasteiger partial charge in [0.2, 0.25) is 20.8 Å². The van der Waals surface area contributed by atoms with Gasteiger partial charge in [0.15, 0.2) is 0 Å². The van der Waals surface area contributed by atoms with E-state index in [0.717, 1.165) is 8.97 Å². The summed E-state index contributed by atoms with van der Waals surface area (Å²) >= 11 is 0. The van der Waals surface area contributed by atoms with E-state index in [1.807, 2.05) is 0 Å². The fourth-order valence-corrected chi connectivity index (χ4v) is 1.53. The predicted octanol–water partition coefficient (Wildman–Crippen LogP) is -0.0316. The van der Waals surface area contributed by atoms with Crippen molar-refractivity contribution >= 4 is 20.8 Å². The molecule has 12 heteroatoms. The van der Waals surface area contributed by atoms with Gasteiger partial charge in [-0.25, -0.2) is 16.8 Å². The van der Waals surface area contributed by atoms with E-state index < -0.39 is 20.8 Å². The number of rotatable bonds is 7. The molecule has 24 heavy (non-hydrogen) atoms. The van der Waals surface area contributed by atoms with Gasteiger partial charge in [-0.1, -0.05) is 0 Å². The number of hydrogen-bond donors (Lipinski definition) is 2.